The van der Waals surface area contributed by atoms with Gasteiger partial charge in [-0.3, -0.25) is 19.3 Å². The molecule has 0 spiro atoms. The molecule has 4 aromatic rings. The van der Waals surface area contributed by atoms with Gasteiger partial charge >= 0.3 is 6.18 Å². The number of carbonyl (C=O) groups is 2. The smallest absolute Gasteiger partial charge is 0.355 e. The molecule has 45 heavy (non-hydrogen) atoms. The van der Waals surface area contributed by atoms with Gasteiger partial charge in [-0.2, -0.15) is 18.3 Å². The van der Waals surface area contributed by atoms with Gasteiger partial charge in [-0.25, -0.2) is 22.0 Å². The molecule has 0 bridgehead atoms. The van der Waals surface area contributed by atoms with Crippen molar-refractivity contribution in [2.75, 3.05) is 7.05 Å². The van der Waals surface area contributed by atoms with E-state index in [4.69, 9.17) is 0 Å². The van der Waals surface area contributed by atoms with E-state index in [-0.39, 0.29) is 46.9 Å². The van der Waals surface area contributed by atoms with Crippen LogP contribution in [-0.2, 0) is 17.4 Å². The Kier molecular flexibility index (Phi) is 9.88. The van der Waals surface area contributed by atoms with E-state index in [0.717, 1.165) is 18.2 Å². The second-order valence-corrected chi connectivity index (χ2v) is 9.87. The van der Waals surface area contributed by atoms with Crippen LogP contribution in [0.25, 0.3) is 11.1 Å². The van der Waals surface area contributed by atoms with Gasteiger partial charge in [0.05, 0.1) is 17.3 Å². The van der Waals surface area contributed by atoms with E-state index in [1.807, 2.05) is 0 Å². The summed E-state index contributed by atoms with van der Waals surface area (Å²) >= 11 is 0. The van der Waals surface area contributed by atoms with Crippen LogP contribution >= 0.6 is 0 Å². The minimum absolute atomic E-state index is 0.0410. The lowest BCUT2D eigenvalue weighted by atomic mass is 9.94. The Labute approximate surface area is 251 Å². The fourth-order valence-electron chi connectivity index (χ4n) is 4.82. The lowest BCUT2D eigenvalue weighted by Gasteiger charge is -2.25. The van der Waals surface area contributed by atoms with Gasteiger partial charge in [-0.1, -0.05) is 19.1 Å². The number of alkyl halides is 5. The normalized spacial score (nSPS) is 13.0. The summed E-state index contributed by atoms with van der Waals surface area (Å²) in [7, 11) is 1.30. The lowest BCUT2D eigenvalue weighted by molar-refractivity contribution is -0.142. The first-order valence-electron chi connectivity index (χ1n) is 13.4. The summed E-state index contributed by atoms with van der Waals surface area (Å²) < 4.78 is 111. The fourth-order valence-corrected chi connectivity index (χ4v) is 4.82. The van der Waals surface area contributed by atoms with Crippen LogP contribution in [-0.4, -0.2) is 33.6 Å². The van der Waals surface area contributed by atoms with Crippen LogP contribution in [0.1, 0.15) is 64.9 Å². The summed E-state index contributed by atoms with van der Waals surface area (Å²) in [5.41, 5.74) is -2.46. The predicted molar refractivity (Wildman–Crippen MR) is 145 cm³/mol. The van der Waals surface area contributed by atoms with Crippen molar-refractivity contribution in [3.8, 4) is 11.1 Å². The molecule has 4 rings (SSSR count). The number of nitrogens with zero attached hydrogens (tertiary/aromatic N) is 3. The molecule has 7 nitrogen and oxygen atoms in total. The third-order valence-corrected chi connectivity index (χ3v) is 6.86. The third-order valence-electron chi connectivity index (χ3n) is 6.86. The van der Waals surface area contributed by atoms with Gasteiger partial charge in [0.15, 0.2) is 5.69 Å². The summed E-state index contributed by atoms with van der Waals surface area (Å²) in [6.45, 7) is 1.37. The quantitative estimate of drug-likeness (QED) is 0.189. The van der Waals surface area contributed by atoms with Gasteiger partial charge in [0.2, 0.25) is 5.91 Å². The molecule has 0 aliphatic carbocycles. The zero-order valence-electron chi connectivity index (χ0n) is 23.6. The molecule has 238 valence electrons. The Morgan fingerprint density at radius 3 is 2.27 bits per heavy atom. The van der Waals surface area contributed by atoms with Crippen molar-refractivity contribution >= 4 is 11.8 Å². The van der Waals surface area contributed by atoms with Gasteiger partial charge in [0, 0.05) is 24.9 Å². The molecule has 0 saturated heterocycles. The van der Waals surface area contributed by atoms with Crippen molar-refractivity contribution in [3.63, 3.8) is 0 Å². The van der Waals surface area contributed by atoms with Crippen LogP contribution in [0.2, 0.25) is 0 Å². The summed E-state index contributed by atoms with van der Waals surface area (Å²) in [5.74, 6) is -4.48. The SMILES string of the molecule is CC[C@@H](C(=O)N[C@@H](Cc1cc(F)cc(F)c1)c1ncccc1-c1ccc(F)c(C(=O)NC)c1)n1nc(C(F)(F)F)cc1C(F)F. The number of benzene rings is 2. The van der Waals surface area contributed by atoms with Crippen molar-refractivity contribution in [2.45, 2.75) is 44.5 Å². The number of amides is 2. The number of aromatic nitrogens is 3. The summed E-state index contributed by atoms with van der Waals surface area (Å²) in [6.07, 6.45) is -7.74. The Bertz CT molecular complexity index is 1690. The predicted octanol–water partition coefficient (Wildman–Crippen LogP) is 6.73. The molecule has 0 aliphatic rings. The molecule has 0 unspecified atom stereocenters. The van der Waals surface area contributed by atoms with Crippen molar-refractivity contribution in [1.29, 1.82) is 0 Å². The Hall–Kier alpha value is -4.82. The highest BCUT2D eigenvalue weighted by Gasteiger charge is 2.38. The highest BCUT2D eigenvalue weighted by Crippen LogP contribution is 2.34. The van der Waals surface area contributed by atoms with Gasteiger partial charge in [0.25, 0.3) is 12.3 Å². The van der Waals surface area contributed by atoms with E-state index in [1.165, 1.54) is 44.4 Å². The second kappa shape index (κ2) is 13.4. The number of carbonyl (C=O) groups excluding carboxylic acids is 2. The van der Waals surface area contributed by atoms with Crippen molar-refractivity contribution in [1.82, 2.24) is 25.4 Å². The fraction of sp³-hybridized carbons (Fsp3) is 0.267. The molecule has 0 aliphatic heterocycles. The molecule has 2 aromatic heterocycles. The summed E-state index contributed by atoms with van der Waals surface area (Å²) in [5, 5.41) is 8.13. The average molecular weight is 640 g/mol. The van der Waals surface area contributed by atoms with Crippen LogP contribution in [0.4, 0.5) is 35.1 Å². The molecule has 2 aromatic carbocycles. The minimum atomic E-state index is -5.07. The lowest BCUT2D eigenvalue weighted by Crippen LogP contribution is -2.37. The first-order chi connectivity index (χ1) is 21.2. The van der Waals surface area contributed by atoms with Crippen LogP contribution in [0.3, 0.4) is 0 Å². The van der Waals surface area contributed by atoms with E-state index in [2.05, 4.69) is 20.7 Å². The van der Waals surface area contributed by atoms with E-state index in [0.29, 0.717) is 10.7 Å². The summed E-state index contributed by atoms with van der Waals surface area (Å²) in [4.78, 5) is 30.2. The maximum atomic E-state index is 14.4. The van der Waals surface area contributed by atoms with Gasteiger partial charge < -0.3 is 10.6 Å². The molecule has 15 heteroatoms. The van der Waals surface area contributed by atoms with Crippen molar-refractivity contribution < 1.29 is 44.7 Å². The Balaban J connectivity index is 1.82. The topological polar surface area (TPSA) is 88.9 Å². The van der Waals surface area contributed by atoms with E-state index < -0.39 is 65.3 Å². The molecule has 2 atom stereocenters. The number of hydrogen-bond acceptors (Lipinski definition) is 4. The average Bonchev–Trinajstić information content (AvgIpc) is 3.43. The molecule has 2 amide bonds. The first kappa shape index (κ1) is 33.1. The molecule has 0 radical (unpaired) electrons. The number of halogens is 8. The standard InChI is InChI=1S/C30H25F8N5O2/c1-3-23(43-24(27(34)35)14-25(42-43)30(36,37)38)29(45)41-22(11-15-9-17(31)13-18(32)10-15)26-19(5-4-8-40-26)16-6-7-21(33)20(12-16)28(44)39-2/h4-10,12-14,22-23,27H,3,11H2,1-2H3,(H,39,44)(H,41,45)/t22-,23-/m0/s1. The molecular formula is C30H25F8N5O2. The molecule has 2 heterocycles. The number of pyridine rings is 1. The highest BCUT2D eigenvalue weighted by atomic mass is 19.4. The third kappa shape index (κ3) is 7.46. The number of nitrogens with one attached hydrogen (secondary N) is 2. The van der Waals surface area contributed by atoms with Crippen molar-refractivity contribution in [2.24, 2.45) is 0 Å². The van der Waals surface area contributed by atoms with E-state index in [1.54, 1.807) is 0 Å². The molecule has 2 N–H and O–H groups in total. The zero-order chi connectivity index (χ0) is 33.1. The maximum Gasteiger partial charge on any atom is 0.435 e. The van der Waals surface area contributed by atoms with Crippen LogP contribution < -0.4 is 10.6 Å². The maximum absolute atomic E-state index is 14.4. The van der Waals surface area contributed by atoms with Crippen LogP contribution in [0.15, 0.2) is 60.8 Å². The van der Waals surface area contributed by atoms with Crippen LogP contribution in [0, 0.1) is 17.5 Å². The summed E-state index contributed by atoms with van der Waals surface area (Å²) in [6, 6.07) is 6.43. The van der Waals surface area contributed by atoms with Gasteiger partial charge in [-0.05, 0) is 60.4 Å². The first-order valence-corrected chi connectivity index (χ1v) is 13.4. The van der Waals surface area contributed by atoms with E-state index in [9.17, 15) is 44.7 Å². The van der Waals surface area contributed by atoms with Crippen molar-refractivity contribution in [3.05, 3.63) is 106 Å². The van der Waals surface area contributed by atoms with Gasteiger partial charge in [0.1, 0.15) is 29.2 Å². The Morgan fingerprint density at radius 2 is 1.67 bits per heavy atom. The Morgan fingerprint density at radius 1 is 0.978 bits per heavy atom. The largest absolute Gasteiger partial charge is 0.435 e. The molecule has 0 saturated carbocycles. The zero-order valence-corrected chi connectivity index (χ0v) is 23.6. The highest BCUT2D eigenvalue weighted by molar-refractivity contribution is 5.95. The number of rotatable bonds is 10. The number of hydrogen-bond donors (Lipinski definition) is 2. The van der Waals surface area contributed by atoms with Crippen LogP contribution in [0.5, 0.6) is 0 Å². The second-order valence-electron chi connectivity index (χ2n) is 9.87. The van der Waals surface area contributed by atoms with E-state index >= 15 is 0 Å². The molecular weight excluding hydrogens is 614 g/mol. The molecule has 0 fully saturated rings. The van der Waals surface area contributed by atoms with Gasteiger partial charge in [-0.15, -0.1) is 0 Å². The minimum Gasteiger partial charge on any atom is -0.355 e. The monoisotopic (exact) mass is 639 g/mol.